The van der Waals surface area contributed by atoms with Crippen LogP contribution in [-0.4, -0.2) is 38.2 Å². The molecule has 0 saturated carbocycles. The third-order valence-corrected chi connectivity index (χ3v) is 6.01. The van der Waals surface area contributed by atoms with Crippen molar-refractivity contribution in [3.63, 3.8) is 0 Å². The first-order valence-corrected chi connectivity index (χ1v) is 8.92. The first-order chi connectivity index (χ1) is 8.11. The first-order valence-electron chi connectivity index (χ1n) is 6.45. The van der Waals surface area contributed by atoms with E-state index in [2.05, 4.69) is 19.2 Å². The molecule has 1 atom stereocenters. The molecule has 2 aliphatic heterocycles. The fourth-order valence-corrected chi connectivity index (χ4v) is 4.70. The third kappa shape index (κ3) is 3.71. The van der Waals surface area contributed by atoms with E-state index in [0.29, 0.717) is 6.04 Å². The minimum Gasteiger partial charge on any atom is -0.360 e. The second kappa shape index (κ2) is 5.74. The van der Waals surface area contributed by atoms with Gasteiger partial charge in [-0.15, -0.1) is 0 Å². The zero-order chi connectivity index (χ0) is 12.3. The van der Waals surface area contributed by atoms with Crippen molar-refractivity contribution < 1.29 is 4.21 Å². The van der Waals surface area contributed by atoms with Crippen LogP contribution in [-0.2, 0) is 10.8 Å². The standard InChI is InChI=1S/C12H22N2OS2/c1-3-12(2)6-7-16-11(14-12)13-10-4-8-17(15)9-5-10/h10H,3-9H2,1-2H3,(H,13,14). The number of rotatable bonds is 2. The summed E-state index contributed by atoms with van der Waals surface area (Å²) in [7, 11) is -0.581. The maximum absolute atomic E-state index is 11.3. The Hall–Kier alpha value is -0.0300. The number of thioether (sulfide) groups is 1. The third-order valence-electron chi connectivity index (χ3n) is 3.74. The van der Waals surface area contributed by atoms with E-state index in [4.69, 9.17) is 4.99 Å². The molecule has 0 bridgehead atoms. The van der Waals surface area contributed by atoms with Gasteiger partial charge in [-0.05, 0) is 32.6 Å². The summed E-state index contributed by atoms with van der Waals surface area (Å²) in [6.07, 6.45) is 4.32. The van der Waals surface area contributed by atoms with Crippen LogP contribution in [0.3, 0.4) is 0 Å². The molecule has 0 aliphatic carbocycles. The molecule has 0 aromatic carbocycles. The molecule has 0 aromatic rings. The smallest absolute Gasteiger partial charge is 0.157 e. The molecule has 2 rings (SSSR count). The van der Waals surface area contributed by atoms with Gasteiger partial charge in [-0.25, -0.2) is 0 Å². The summed E-state index contributed by atoms with van der Waals surface area (Å²) < 4.78 is 11.3. The summed E-state index contributed by atoms with van der Waals surface area (Å²) in [4.78, 5) is 4.81. The molecule has 0 aromatic heterocycles. The Morgan fingerprint density at radius 3 is 2.88 bits per heavy atom. The van der Waals surface area contributed by atoms with Crippen molar-refractivity contribution in [1.29, 1.82) is 0 Å². The van der Waals surface area contributed by atoms with Gasteiger partial charge in [-0.3, -0.25) is 9.20 Å². The Balaban J connectivity index is 1.94. The Labute approximate surface area is 111 Å². The van der Waals surface area contributed by atoms with E-state index in [1.807, 2.05) is 11.8 Å². The predicted octanol–water partition coefficient (Wildman–Crippen LogP) is 2.15. The molecule has 0 amide bonds. The fraction of sp³-hybridized carbons (Fsp3) is 0.917. The van der Waals surface area contributed by atoms with Gasteiger partial charge in [-0.1, -0.05) is 18.7 Å². The molecule has 1 N–H and O–H groups in total. The minimum atomic E-state index is -0.581. The van der Waals surface area contributed by atoms with Gasteiger partial charge in [0.2, 0.25) is 0 Å². The van der Waals surface area contributed by atoms with Crippen LogP contribution in [0.25, 0.3) is 0 Å². The van der Waals surface area contributed by atoms with Crippen molar-refractivity contribution >= 4 is 27.7 Å². The molecule has 2 heterocycles. The molecule has 5 heteroatoms. The van der Waals surface area contributed by atoms with Crippen LogP contribution in [0.1, 0.15) is 39.5 Å². The number of aliphatic imine (C=N–C) groups is 1. The summed E-state index contributed by atoms with van der Waals surface area (Å²) in [5.41, 5.74) is 0.224. The summed E-state index contributed by atoms with van der Waals surface area (Å²) in [6, 6.07) is 0.391. The van der Waals surface area contributed by atoms with Gasteiger partial charge in [0.1, 0.15) is 0 Å². The van der Waals surface area contributed by atoms with Crippen LogP contribution in [0.15, 0.2) is 4.99 Å². The quantitative estimate of drug-likeness (QED) is 0.839. The van der Waals surface area contributed by atoms with Gasteiger partial charge in [0.25, 0.3) is 0 Å². The molecular formula is C12H22N2OS2. The summed E-state index contributed by atoms with van der Waals surface area (Å²) in [6.45, 7) is 4.50. The van der Waals surface area contributed by atoms with Crippen LogP contribution in [0.2, 0.25) is 0 Å². The van der Waals surface area contributed by atoms with E-state index in [9.17, 15) is 4.21 Å². The van der Waals surface area contributed by atoms with Crippen molar-refractivity contribution in [3.8, 4) is 0 Å². The number of nitrogens with one attached hydrogen (secondary N) is 1. The Morgan fingerprint density at radius 2 is 2.24 bits per heavy atom. The van der Waals surface area contributed by atoms with Crippen LogP contribution >= 0.6 is 11.8 Å². The van der Waals surface area contributed by atoms with E-state index >= 15 is 0 Å². The molecule has 98 valence electrons. The van der Waals surface area contributed by atoms with Gasteiger partial charge in [0, 0.05) is 33.6 Å². The predicted molar refractivity (Wildman–Crippen MR) is 77.2 cm³/mol. The van der Waals surface area contributed by atoms with Gasteiger partial charge < -0.3 is 5.32 Å². The molecule has 1 unspecified atom stereocenters. The van der Waals surface area contributed by atoms with Crippen molar-refractivity contribution in [1.82, 2.24) is 5.32 Å². The van der Waals surface area contributed by atoms with Crippen molar-refractivity contribution in [3.05, 3.63) is 0 Å². The SMILES string of the molecule is CCC1(C)CCSC(=NC2CCS(=O)CC2)N1. The highest BCUT2D eigenvalue weighted by atomic mass is 32.2. The maximum atomic E-state index is 11.3. The van der Waals surface area contributed by atoms with Gasteiger partial charge in [0.15, 0.2) is 5.17 Å². The highest BCUT2D eigenvalue weighted by Gasteiger charge is 2.28. The molecule has 2 saturated heterocycles. The van der Waals surface area contributed by atoms with E-state index in [1.165, 1.54) is 6.42 Å². The van der Waals surface area contributed by atoms with E-state index in [1.54, 1.807) is 0 Å². The fourth-order valence-electron chi connectivity index (χ4n) is 2.14. The average Bonchev–Trinajstić information content (AvgIpc) is 2.32. The number of nitrogens with zero attached hydrogens (tertiary/aromatic N) is 1. The summed E-state index contributed by atoms with van der Waals surface area (Å²) in [5, 5.41) is 4.68. The second-order valence-corrected chi connectivity index (χ2v) is 7.93. The molecule has 2 fully saturated rings. The average molecular weight is 274 g/mol. The van der Waals surface area contributed by atoms with Crippen molar-refractivity contribution in [2.45, 2.75) is 51.1 Å². The first kappa shape index (κ1) is 13.4. The van der Waals surface area contributed by atoms with E-state index in [-0.39, 0.29) is 5.54 Å². The van der Waals surface area contributed by atoms with Gasteiger partial charge in [0.05, 0.1) is 6.04 Å². The van der Waals surface area contributed by atoms with Crippen LogP contribution < -0.4 is 5.32 Å². The lowest BCUT2D eigenvalue weighted by molar-refractivity contribution is 0.389. The van der Waals surface area contributed by atoms with E-state index < -0.39 is 10.8 Å². The highest BCUT2D eigenvalue weighted by molar-refractivity contribution is 8.13. The zero-order valence-corrected chi connectivity index (χ0v) is 12.3. The minimum absolute atomic E-state index is 0.224. The number of hydrogen-bond acceptors (Lipinski definition) is 3. The van der Waals surface area contributed by atoms with Crippen molar-refractivity contribution in [2.24, 2.45) is 4.99 Å². The van der Waals surface area contributed by atoms with Gasteiger partial charge >= 0.3 is 0 Å². The van der Waals surface area contributed by atoms with Crippen molar-refractivity contribution in [2.75, 3.05) is 17.3 Å². The molecule has 2 aliphatic rings. The Bertz CT molecular complexity index is 322. The molecule has 3 nitrogen and oxygen atoms in total. The van der Waals surface area contributed by atoms with Crippen LogP contribution in [0, 0.1) is 0 Å². The maximum Gasteiger partial charge on any atom is 0.157 e. The lowest BCUT2D eigenvalue weighted by Crippen LogP contribution is -2.48. The second-order valence-electron chi connectivity index (χ2n) is 5.15. The monoisotopic (exact) mass is 274 g/mol. The van der Waals surface area contributed by atoms with Crippen LogP contribution in [0.4, 0.5) is 0 Å². The van der Waals surface area contributed by atoms with Crippen LogP contribution in [0.5, 0.6) is 0 Å². The highest BCUT2D eigenvalue weighted by Crippen LogP contribution is 2.26. The van der Waals surface area contributed by atoms with E-state index in [0.717, 1.165) is 41.7 Å². The zero-order valence-electron chi connectivity index (χ0n) is 10.7. The summed E-state index contributed by atoms with van der Waals surface area (Å²) in [5.74, 6) is 2.82. The Kier molecular flexibility index (Phi) is 4.53. The molecule has 17 heavy (non-hydrogen) atoms. The molecule has 0 spiro atoms. The Morgan fingerprint density at radius 1 is 1.53 bits per heavy atom. The molecule has 0 radical (unpaired) electrons. The summed E-state index contributed by atoms with van der Waals surface area (Å²) >= 11 is 1.84. The number of amidine groups is 1. The molecular weight excluding hydrogens is 252 g/mol. The normalized spacial score (nSPS) is 41.2. The topological polar surface area (TPSA) is 41.5 Å². The lowest BCUT2D eigenvalue weighted by Gasteiger charge is -2.35. The van der Waals surface area contributed by atoms with Gasteiger partial charge in [-0.2, -0.15) is 0 Å². The number of hydrogen-bond donors (Lipinski definition) is 1. The largest absolute Gasteiger partial charge is 0.360 e. The lowest BCUT2D eigenvalue weighted by atomic mass is 9.96.